The van der Waals surface area contributed by atoms with E-state index in [4.69, 9.17) is 5.73 Å². The van der Waals surface area contributed by atoms with Gasteiger partial charge in [0, 0.05) is 25.2 Å². The lowest BCUT2D eigenvalue weighted by Gasteiger charge is -2.31. The first-order chi connectivity index (χ1) is 12.8. The summed E-state index contributed by atoms with van der Waals surface area (Å²) < 4.78 is 0. The Kier molecular flexibility index (Phi) is 7.29. The Balaban J connectivity index is 1.75. The Bertz CT molecular complexity index is 666. The molecular formula is C19H29N5O3. The molecule has 27 heavy (non-hydrogen) atoms. The van der Waals surface area contributed by atoms with Crippen LogP contribution in [0.4, 0.5) is 5.82 Å². The molecule has 2 rings (SSSR count). The van der Waals surface area contributed by atoms with Crippen molar-refractivity contribution in [2.75, 3.05) is 25.0 Å². The number of aromatic nitrogens is 1. The maximum absolute atomic E-state index is 12.4. The minimum Gasteiger partial charge on any atom is -0.346 e. The Labute approximate surface area is 159 Å². The number of amides is 3. The van der Waals surface area contributed by atoms with E-state index in [0.717, 1.165) is 5.56 Å². The van der Waals surface area contributed by atoms with Crippen molar-refractivity contribution in [2.45, 2.75) is 39.7 Å². The van der Waals surface area contributed by atoms with E-state index in [-0.39, 0.29) is 36.1 Å². The molecule has 148 valence electrons. The topological polar surface area (TPSA) is 117 Å². The van der Waals surface area contributed by atoms with Crippen LogP contribution in [-0.2, 0) is 14.4 Å². The molecule has 0 aliphatic carbocycles. The van der Waals surface area contributed by atoms with Gasteiger partial charge in [0.2, 0.25) is 17.7 Å². The maximum atomic E-state index is 12.4. The zero-order valence-corrected chi connectivity index (χ0v) is 16.2. The molecule has 4 N–H and O–H groups in total. The smallest absolute Gasteiger partial charge is 0.241 e. The summed E-state index contributed by atoms with van der Waals surface area (Å²) in [7, 11) is 0. The number of carbonyl (C=O) groups excluding carboxylic acids is 3. The van der Waals surface area contributed by atoms with Crippen LogP contribution in [0.25, 0.3) is 0 Å². The molecule has 0 radical (unpaired) electrons. The highest BCUT2D eigenvalue weighted by atomic mass is 16.2. The van der Waals surface area contributed by atoms with Crippen LogP contribution < -0.4 is 16.4 Å². The molecule has 1 aliphatic rings. The molecular weight excluding hydrogens is 346 g/mol. The minimum atomic E-state index is -0.623. The van der Waals surface area contributed by atoms with Gasteiger partial charge >= 0.3 is 0 Å². The number of carbonyl (C=O) groups is 3. The number of nitrogens with zero attached hydrogens (tertiary/aromatic N) is 2. The molecule has 8 nitrogen and oxygen atoms in total. The fourth-order valence-corrected chi connectivity index (χ4v) is 2.86. The van der Waals surface area contributed by atoms with E-state index in [0.29, 0.717) is 31.7 Å². The van der Waals surface area contributed by atoms with E-state index in [1.807, 2.05) is 26.8 Å². The van der Waals surface area contributed by atoms with Gasteiger partial charge in [-0.1, -0.05) is 19.9 Å². The molecule has 1 aromatic rings. The Morgan fingerprint density at radius 2 is 1.93 bits per heavy atom. The second kappa shape index (κ2) is 9.45. The van der Waals surface area contributed by atoms with Gasteiger partial charge in [-0.05, 0) is 37.3 Å². The number of aryl methyl sites for hydroxylation is 1. The van der Waals surface area contributed by atoms with Gasteiger partial charge in [0.25, 0.3) is 0 Å². The van der Waals surface area contributed by atoms with E-state index in [2.05, 4.69) is 15.6 Å². The van der Waals surface area contributed by atoms with Gasteiger partial charge in [0.1, 0.15) is 5.82 Å². The third-order valence-electron chi connectivity index (χ3n) is 4.82. The Morgan fingerprint density at radius 3 is 2.48 bits per heavy atom. The molecule has 0 saturated carbocycles. The van der Waals surface area contributed by atoms with E-state index in [1.165, 1.54) is 0 Å². The number of nitrogens with one attached hydrogen (secondary N) is 2. The summed E-state index contributed by atoms with van der Waals surface area (Å²) in [5.74, 6) is -0.155. The zero-order valence-electron chi connectivity index (χ0n) is 16.2. The van der Waals surface area contributed by atoms with Gasteiger partial charge in [-0.15, -0.1) is 0 Å². The minimum absolute atomic E-state index is 0.0115. The number of anilines is 1. The predicted octanol–water partition coefficient (Wildman–Crippen LogP) is 0.667. The van der Waals surface area contributed by atoms with Crippen LogP contribution in [0.2, 0.25) is 0 Å². The molecule has 1 aliphatic heterocycles. The van der Waals surface area contributed by atoms with Crippen molar-refractivity contribution in [3.63, 3.8) is 0 Å². The van der Waals surface area contributed by atoms with Crippen molar-refractivity contribution in [1.82, 2.24) is 15.2 Å². The van der Waals surface area contributed by atoms with E-state index in [9.17, 15) is 14.4 Å². The quantitative estimate of drug-likeness (QED) is 0.675. The second-order valence-electron chi connectivity index (χ2n) is 7.35. The molecule has 3 amide bonds. The molecule has 1 fully saturated rings. The van der Waals surface area contributed by atoms with E-state index >= 15 is 0 Å². The van der Waals surface area contributed by atoms with Crippen LogP contribution in [0, 0.1) is 18.8 Å². The molecule has 1 saturated heterocycles. The van der Waals surface area contributed by atoms with Crippen LogP contribution >= 0.6 is 0 Å². The van der Waals surface area contributed by atoms with Gasteiger partial charge < -0.3 is 21.3 Å². The van der Waals surface area contributed by atoms with Crippen LogP contribution in [0.3, 0.4) is 0 Å². The van der Waals surface area contributed by atoms with Crippen molar-refractivity contribution in [1.29, 1.82) is 0 Å². The van der Waals surface area contributed by atoms with Crippen molar-refractivity contribution >= 4 is 23.5 Å². The maximum Gasteiger partial charge on any atom is 0.241 e. The standard InChI is InChI=1S/C19H29N5O3/c1-12(2)17(20)19(27)22-11-16(25)24-8-6-14(7-9-24)18(26)23-15-5-4-13(3)10-21-15/h4-5,10,12,14,17H,6-9,11,20H2,1-3H3,(H,22,27)(H,21,23,26)/t17-/m0/s1. The van der Waals surface area contributed by atoms with Gasteiger partial charge in [0.05, 0.1) is 12.6 Å². The fraction of sp³-hybridized carbons (Fsp3) is 0.579. The van der Waals surface area contributed by atoms with Crippen LogP contribution in [0.5, 0.6) is 0 Å². The number of hydrogen-bond acceptors (Lipinski definition) is 5. The molecule has 0 bridgehead atoms. The summed E-state index contributed by atoms with van der Waals surface area (Å²) in [5, 5.41) is 5.41. The largest absolute Gasteiger partial charge is 0.346 e. The van der Waals surface area contributed by atoms with Crippen molar-refractivity contribution < 1.29 is 14.4 Å². The Morgan fingerprint density at radius 1 is 1.26 bits per heavy atom. The monoisotopic (exact) mass is 375 g/mol. The first-order valence-electron chi connectivity index (χ1n) is 9.32. The number of rotatable bonds is 6. The third-order valence-corrected chi connectivity index (χ3v) is 4.82. The average molecular weight is 375 g/mol. The van der Waals surface area contributed by atoms with Gasteiger partial charge in [-0.3, -0.25) is 14.4 Å². The SMILES string of the molecule is Cc1ccc(NC(=O)C2CCN(C(=O)CNC(=O)[C@@H](N)C(C)C)CC2)nc1. The van der Waals surface area contributed by atoms with E-state index < -0.39 is 6.04 Å². The third kappa shape index (κ3) is 6.02. The number of piperidine rings is 1. The normalized spacial score (nSPS) is 16.1. The lowest BCUT2D eigenvalue weighted by atomic mass is 9.96. The highest BCUT2D eigenvalue weighted by molar-refractivity contribution is 5.92. The number of pyridine rings is 1. The van der Waals surface area contributed by atoms with Crippen molar-refractivity contribution in [3.05, 3.63) is 23.9 Å². The van der Waals surface area contributed by atoms with Crippen molar-refractivity contribution in [3.8, 4) is 0 Å². The van der Waals surface area contributed by atoms with E-state index in [1.54, 1.807) is 17.2 Å². The number of likely N-dealkylation sites (tertiary alicyclic amines) is 1. The average Bonchev–Trinajstić information content (AvgIpc) is 2.67. The second-order valence-corrected chi connectivity index (χ2v) is 7.35. The molecule has 0 aromatic carbocycles. The van der Waals surface area contributed by atoms with Gasteiger partial charge in [-0.25, -0.2) is 4.98 Å². The molecule has 0 spiro atoms. The number of nitrogens with two attached hydrogens (primary N) is 1. The molecule has 1 atom stereocenters. The summed E-state index contributed by atoms with van der Waals surface area (Å²) in [5.41, 5.74) is 6.79. The fourth-order valence-electron chi connectivity index (χ4n) is 2.86. The van der Waals surface area contributed by atoms with Gasteiger partial charge in [-0.2, -0.15) is 0 Å². The van der Waals surface area contributed by atoms with Crippen molar-refractivity contribution in [2.24, 2.45) is 17.6 Å². The first kappa shape index (κ1) is 20.8. The number of hydrogen-bond donors (Lipinski definition) is 3. The molecule has 0 unspecified atom stereocenters. The molecule has 8 heteroatoms. The summed E-state index contributed by atoms with van der Waals surface area (Å²) in [6.07, 6.45) is 2.88. The molecule has 1 aromatic heterocycles. The summed E-state index contributed by atoms with van der Waals surface area (Å²) >= 11 is 0. The highest BCUT2D eigenvalue weighted by Gasteiger charge is 2.28. The summed E-state index contributed by atoms with van der Waals surface area (Å²) in [6, 6.07) is 3.04. The van der Waals surface area contributed by atoms with Crippen LogP contribution in [0.15, 0.2) is 18.3 Å². The first-order valence-corrected chi connectivity index (χ1v) is 9.32. The lowest BCUT2D eigenvalue weighted by molar-refractivity contribution is -0.135. The Hall–Kier alpha value is -2.48. The highest BCUT2D eigenvalue weighted by Crippen LogP contribution is 2.19. The van der Waals surface area contributed by atoms with Crippen LogP contribution in [0.1, 0.15) is 32.3 Å². The molecule has 2 heterocycles. The lowest BCUT2D eigenvalue weighted by Crippen LogP contribution is -2.49. The van der Waals surface area contributed by atoms with Crippen LogP contribution in [-0.4, -0.2) is 53.3 Å². The summed E-state index contributed by atoms with van der Waals surface area (Å²) in [6.45, 7) is 6.56. The summed E-state index contributed by atoms with van der Waals surface area (Å²) in [4.78, 5) is 42.3. The predicted molar refractivity (Wildman–Crippen MR) is 103 cm³/mol. The van der Waals surface area contributed by atoms with Gasteiger partial charge in [0.15, 0.2) is 0 Å². The zero-order chi connectivity index (χ0) is 20.0.